The van der Waals surface area contributed by atoms with Crippen LogP contribution in [0.3, 0.4) is 0 Å². The lowest BCUT2D eigenvalue weighted by Gasteiger charge is -2.36. The maximum Gasteiger partial charge on any atom is 0.295 e. The zero-order chi connectivity index (χ0) is 14.0. The number of nitro benzene ring substituents is 1. The van der Waals surface area contributed by atoms with Crippen molar-refractivity contribution in [1.29, 1.82) is 0 Å². The predicted molar refractivity (Wildman–Crippen MR) is 72.0 cm³/mol. The van der Waals surface area contributed by atoms with Crippen LogP contribution >= 0.6 is 0 Å². The number of benzene rings is 1. The van der Waals surface area contributed by atoms with Gasteiger partial charge >= 0.3 is 0 Å². The Morgan fingerprint density at radius 3 is 2.53 bits per heavy atom. The summed E-state index contributed by atoms with van der Waals surface area (Å²) in [6.45, 7) is 1.52. The SMILES string of the molecule is CN(C)C1CCN(c2ccc(F)cc2[N+](=O)[O-])CC1. The topological polar surface area (TPSA) is 49.6 Å². The van der Waals surface area contributed by atoms with Gasteiger partial charge in [0.05, 0.1) is 11.0 Å². The van der Waals surface area contributed by atoms with Crippen LogP contribution in [0, 0.1) is 15.9 Å². The minimum atomic E-state index is -0.571. The third-order valence-electron chi connectivity index (χ3n) is 3.67. The van der Waals surface area contributed by atoms with Gasteiger partial charge in [-0.2, -0.15) is 0 Å². The van der Waals surface area contributed by atoms with E-state index in [4.69, 9.17) is 0 Å². The van der Waals surface area contributed by atoms with E-state index in [1.807, 2.05) is 19.0 Å². The van der Waals surface area contributed by atoms with Crippen molar-refractivity contribution in [2.75, 3.05) is 32.1 Å². The Morgan fingerprint density at radius 2 is 2.00 bits per heavy atom. The molecule has 6 heteroatoms. The molecule has 0 unspecified atom stereocenters. The van der Waals surface area contributed by atoms with Crippen LogP contribution in [0.1, 0.15) is 12.8 Å². The van der Waals surface area contributed by atoms with E-state index in [9.17, 15) is 14.5 Å². The smallest absolute Gasteiger partial charge is 0.295 e. The molecule has 1 fully saturated rings. The maximum absolute atomic E-state index is 13.1. The molecule has 0 radical (unpaired) electrons. The number of halogens is 1. The highest BCUT2D eigenvalue weighted by Crippen LogP contribution is 2.31. The van der Waals surface area contributed by atoms with Crippen LogP contribution in [-0.2, 0) is 0 Å². The molecule has 0 spiro atoms. The van der Waals surface area contributed by atoms with E-state index in [2.05, 4.69) is 4.90 Å². The molecule has 0 bridgehead atoms. The summed E-state index contributed by atoms with van der Waals surface area (Å²) in [6, 6.07) is 4.28. The van der Waals surface area contributed by atoms with Gasteiger partial charge in [-0.05, 0) is 39.1 Å². The fourth-order valence-electron chi connectivity index (χ4n) is 2.53. The lowest BCUT2D eigenvalue weighted by Crippen LogP contribution is -2.42. The van der Waals surface area contributed by atoms with Crippen molar-refractivity contribution in [2.24, 2.45) is 0 Å². The molecule has 0 N–H and O–H groups in total. The van der Waals surface area contributed by atoms with E-state index in [0.717, 1.165) is 32.0 Å². The quantitative estimate of drug-likeness (QED) is 0.622. The highest BCUT2D eigenvalue weighted by atomic mass is 19.1. The summed E-state index contributed by atoms with van der Waals surface area (Å²) in [7, 11) is 4.08. The number of piperidine rings is 1. The van der Waals surface area contributed by atoms with Crippen LogP contribution in [0.5, 0.6) is 0 Å². The molecule has 0 amide bonds. The van der Waals surface area contributed by atoms with Crippen LogP contribution in [0.15, 0.2) is 18.2 Å². The zero-order valence-electron chi connectivity index (χ0n) is 11.2. The van der Waals surface area contributed by atoms with Crippen molar-refractivity contribution < 1.29 is 9.31 Å². The molecule has 0 saturated carbocycles. The van der Waals surface area contributed by atoms with Gasteiger partial charge in [-0.1, -0.05) is 0 Å². The largest absolute Gasteiger partial charge is 0.366 e. The van der Waals surface area contributed by atoms with Gasteiger partial charge in [0.2, 0.25) is 0 Å². The van der Waals surface area contributed by atoms with Crippen LogP contribution in [0.4, 0.5) is 15.8 Å². The molecule has 1 heterocycles. The first-order valence-electron chi connectivity index (χ1n) is 6.34. The Bertz CT molecular complexity index is 471. The van der Waals surface area contributed by atoms with Crippen molar-refractivity contribution in [3.05, 3.63) is 34.1 Å². The number of nitrogens with zero attached hydrogens (tertiary/aromatic N) is 3. The summed E-state index contributed by atoms with van der Waals surface area (Å²) < 4.78 is 13.1. The molecule has 5 nitrogen and oxygen atoms in total. The van der Waals surface area contributed by atoms with Crippen LogP contribution in [0.2, 0.25) is 0 Å². The van der Waals surface area contributed by atoms with Crippen molar-refractivity contribution in [3.8, 4) is 0 Å². The van der Waals surface area contributed by atoms with Crippen molar-refractivity contribution in [3.63, 3.8) is 0 Å². The fraction of sp³-hybridized carbons (Fsp3) is 0.538. The van der Waals surface area contributed by atoms with Gasteiger partial charge in [0.25, 0.3) is 5.69 Å². The summed E-state index contributed by atoms with van der Waals surface area (Å²) in [4.78, 5) is 14.6. The van der Waals surface area contributed by atoms with E-state index in [1.165, 1.54) is 12.1 Å². The second-order valence-electron chi connectivity index (χ2n) is 5.07. The van der Waals surface area contributed by atoms with Gasteiger partial charge in [0, 0.05) is 19.1 Å². The molecule has 1 aromatic rings. The Balaban J connectivity index is 2.17. The van der Waals surface area contributed by atoms with Crippen LogP contribution in [-0.4, -0.2) is 43.0 Å². The molecule has 0 aromatic heterocycles. The number of nitro groups is 1. The van der Waals surface area contributed by atoms with Crippen LogP contribution in [0.25, 0.3) is 0 Å². The van der Waals surface area contributed by atoms with Crippen LogP contribution < -0.4 is 4.90 Å². The number of hydrogen-bond acceptors (Lipinski definition) is 4. The Labute approximate surface area is 111 Å². The number of anilines is 1. The van der Waals surface area contributed by atoms with E-state index in [-0.39, 0.29) is 5.69 Å². The summed E-state index contributed by atoms with van der Waals surface area (Å²) >= 11 is 0. The van der Waals surface area contributed by atoms with Gasteiger partial charge in [-0.3, -0.25) is 10.1 Å². The molecule has 1 aromatic carbocycles. The first-order valence-corrected chi connectivity index (χ1v) is 6.34. The summed E-state index contributed by atoms with van der Waals surface area (Å²) in [5.41, 5.74) is 0.368. The standard InChI is InChI=1S/C13H18FN3O2/c1-15(2)11-5-7-16(8-6-11)12-4-3-10(14)9-13(12)17(18)19/h3-4,9,11H,5-8H2,1-2H3. The Hall–Kier alpha value is -1.69. The van der Waals surface area contributed by atoms with Gasteiger partial charge in [0.15, 0.2) is 0 Å². The van der Waals surface area contributed by atoms with Gasteiger partial charge in [0.1, 0.15) is 11.5 Å². The molecular weight excluding hydrogens is 249 g/mol. The molecule has 1 saturated heterocycles. The third-order valence-corrected chi connectivity index (χ3v) is 3.67. The summed E-state index contributed by atoms with van der Waals surface area (Å²) in [6.07, 6.45) is 1.92. The summed E-state index contributed by atoms with van der Waals surface area (Å²) in [5, 5.41) is 11.0. The van der Waals surface area contributed by atoms with Crippen molar-refractivity contribution in [1.82, 2.24) is 4.90 Å². The monoisotopic (exact) mass is 267 g/mol. The average molecular weight is 267 g/mol. The minimum absolute atomic E-state index is 0.150. The zero-order valence-corrected chi connectivity index (χ0v) is 11.2. The van der Waals surface area contributed by atoms with E-state index < -0.39 is 10.7 Å². The molecular formula is C13H18FN3O2. The first-order chi connectivity index (χ1) is 8.99. The van der Waals surface area contributed by atoms with Crippen molar-refractivity contribution >= 4 is 11.4 Å². The lowest BCUT2D eigenvalue weighted by atomic mass is 10.0. The average Bonchev–Trinajstić information content (AvgIpc) is 2.38. The Morgan fingerprint density at radius 1 is 1.37 bits per heavy atom. The lowest BCUT2D eigenvalue weighted by molar-refractivity contribution is -0.384. The van der Waals surface area contributed by atoms with Gasteiger partial charge in [-0.15, -0.1) is 0 Å². The summed E-state index contributed by atoms with van der Waals surface area (Å²) in [5.74, 6) is -0.571. The van der Waals surface area contributed by atoms with E-state index in [0.29, 0.717) is 11.7 Å². The predicted octanol–water partition coefficient (Wildman–Crippen LogP) is 2.26. The molecule has 0 aliphatic carbocycles. The van der Waals surface area contributed by atoms with Crippen molar-refractivity contribution in [2.45, 2.75) is 18.9 Å². The second-order valence-corrected chi connectivity index (χ2v) is 5.07. The van der Waals surface area contributed by atoms with E-state index >= 15 is 0 Å². The molecule has 1 aliphatic heterocycles. The minimum Gasteiger partial charge on any atom is -0.366 e. The first kappa shape index (κ1) is 13.7. The Kier molecular flexibility index (Phi) is 3.99. The molecule has 19 heavy (non-hydrogen) atoms. The number of rotatable bonds is 3. The molecule has 104 valence electrons. The fourth-order valence-corrected chi connectivity index (χ4v) is 2.53. The van der Waals surface area contributed by atoms with E-state index in [1.54, 1.807) is 0 Å². The molecule has 0 atom stereocenters. The second kappa shape index (κ2) is 5.52. The maximum atomic E-state index is 13.1. The third kappa shape index (κ3) is 3.01. The highest BCUT2D eigenvalue weighted by Gasteiger charge is 2.25. The number of hydrogen-bond donors (Lipinski definition) is 0. The van der Waals surface area contributed by atoms with Gasteiger partial charge < -0.3 is 9.80 Å². The molecule has 2 rings (SSSR count). The highest BCUT2D eigenvalue weighted by molar-refractivity contribution is 5.63. The molecule has 1 aliphatic rings. The van der Waals surface area contributed by atoms with Gasteiger partial charge in [-0.25, -0.2) is 4.39 Å². The normalized spacial score (nSPS) is 16.9.